The van der Waals surface area contributed by atoms with Crippen LogP contribution in [0.5, 0.6) is 0 Å². The van der Waals surface area contributed by atoms with Crippen LogP contribution < -0.4 is 4.72 Å². The molecule has 1 aromatic heterocycles. The van der Waals surface area contributed by atoms with E-state index < -0.39 is 17.0 Å². The smallest absolute Gasteiger partial charge is 0.410 e. The van der Waals surface area contributed by atoms with E-state index in [2.05, 4.69) is 9.71 Å². The van der Waals surface area contributed by atoms with Gasteiger partial charge in [0.25, 0.3) is 0 Å². The summed E-state index contributed by atoms with van der Waals surface area (Å²) in [6, 6.07) is 1.83. The normalized spacial score (nSPS) is 22.5. The summed E-state index contributed by atoms with van der Waals surface area (Å²) in [6.07, 6.45) is 3.78. The summed E-state index contributed by atoms with van der Waals surface area (Å²) in [4.78, 5) is 18.8. The average Bonchev–Trinajstić information content (AvgIpc) is 2.86. The molecule has 8 heteroatoms. The summed E-state index contributed by atoms with van der Waals surface area (Å²) in [7, 11) is 0. The fraction of sp³-hybridized carbons (Fsp3) is 0.714. The molecular formula is C21H32ClN3O3S. The molecule has 162 valence electrons. The van der Waals surface area contributed by atoms with Gasteiger partial charge in [0.15, 0.2) is 0 Å². The lowest BCUT2D eigenvalue weighted by molar-refractivity contribution is 0.00711. The minimum Gasteiger partial charge on any atom is -0.598 e. The van der Waals surface area contributed by atoms with Gasteiger partial charge in [0.05, 0.1) is 11.1 Å². The van der Waals surface area contributed by atoms with Crippen molar-refractivity contribution in [3.8, 4) is 0 Å². The van der Waals surface area contributed by atoms with Gasteiger partial charge in [-0.1, -0.05) is 11.6 Å². The summed E-state index contributed by atoms with van der Waals surface area (Å²) in [6.45, 7) is 12.7. The maximum absolute atomic E-state index is 12.9. The van der Waals surface area contributed by atoms with Crippen molar-refractivity contribution in [1.29, 1.82) is 0 Å². The van der Waals surface area contributed by atoms with Gasteiger partial charge in [-0.2, -0.15) is 0 Å². The molecule has 3 rings (SSSR count). The van der Waals surface area contributed by atoms with Crippen LogP contribution in [0.2, 0.25) is 5.02 Å². The van der Waals surface area contributed by atoms with E-state index in [4.69, 9.17) is 16.3 Å². The zero-order valence-corrected chi connectivity index (χ0v) is 19.7. The molecule has 0 aromatic carbocycles. The molecule has 1 spiro atoms. The van der Waals surface area contributed by atoms with Crippen molar-refractivity contribution in [2.45, 2.75) is 77.2 Å². The maximum Gasteiger partial charge on any atom is 0.410 e. The molecule has 29 heavy (non-hydrogen) atoms. The van der Waals surface area contributed by atoms with E-state index >= 15 is 0 Å². The van der Waals surface area contributed by atoms with Crippen molar-refractivity contribution < 1.29 is 14.1 Å². The first kappa shape index (κ1) is 22.7. The van der Waals surface area contributed by atoms with E-state index in [1.807, 2.05) is 47.6 Å². The van der Waals surface area contributed by atoms with Gasteiger partial charge in [-0.3, -0.25) is 4.98 Å². The molecule has 2 heterocycles. The van der Waals surface area contributed by atoms with Crippen LogP contribution in [0.1, 0.15) is 71.7 Å². The van der Waals surface area contributed by atoms with E-state index in [0.717, 1.165) is 30.5 Å². The van der Waals surface area contributed by atoms with Crippen molar-refractivity contribution >= 4 is 29.1 Å². The van der Waals surface area contributed by atoms with E-state index in [1.54, 1.807) is 11.1 Å². The Balaban J connectivity index is 1.81. The molecule has 0 radical (unpaired) electrons. The van der Waals surface area contributed by atoms with Crippen LogP contribution in [0.3, 0.4) is 0 Å². The lowest BCUT2D eigenvalue weighted by Gasteiger charge is -2.43. The fourth-order valence-corrected chi connectivity index (χ4v) is 5.16. The monoisotopic (exact) mass is 441 g/mol. The summed E-state index contributed by atoms with van der Waals surface area (Å²) >= 11 is 5.01. The molecule has 2 aliphatic rings. The Bertz CT molecular complexity index is 767. The van der Waals surface area contributed by atoms with Gasteiger partial charge in [0.2, 0.25) is 0 Å². The van der Waals surface area contributed by atoms with E-state index in [1.165, 1.54) is 0 Å². The number of rotatable bonds is 2. The van der Waals surface area contributed by atoms with E-state index in [-0.39, 0.29) is 22.3 Å². The molecule has 1 saturated heterocycles. The Hall–Kier alpha value is -1.02. The number of pyridine rings is 1. The highest BCUT2D eigenvalue weighted by Gasteiger charge is 2.51. The Morgan fingerprint density at radius 2 is 1.93 bits per heavy atom. The second kappa shape index (κ2) is 7.91. The third kappa shape index (κ3) is 5.01. The highest BCUT2D eigenvalue weighted by atomic mass is 35.5. The lowest BCUT2D eigenvalue weighted by atomic mass is 9.73. The van der Waals surface area contributed by atoms with Gasteiger partial charge in [-0.25, -0.2) is 4.79 Å². The number of aromatic nitrogens is 1. The van der Waals surface area contributed by atoms with Crippen molar-refractivity contribution in [2.75, 3.05) is 13.1 Å². The minimum atomic E-state index is -1.23. The Kier molecular flexibility index (Phi) is 6.18. The number of fused-ring (bicyclic) bond motifs is 1. The van der Waals surface area contributed by atoms with Gasteiger partial charge < -0.3 is 14.2 Å². The zero-order valence-electron chi connectivity index (χ0n) is 18.2. The van der Waals surface area contributed by atoms with E-state index in [9.17, 15) is 9.35 Å². The van der Waals surface area contributed by atoms with Crippen molar-refractivity contribution in [3.05, 3.63) is 28.5 Å². The molecule has 2 atom stereocenters. The molecule has 1 aliphatic carbocycles. The Morgan fingerprint density at radius 1 is 1.31 bits per heavy atom. The van der Waals surface area contributed by atoms with Crippen LogP contribution in [0.15, 0.2) is 12.3 Å². The van der Waals surface area contributed by atoms with Crippen molar-refractivity contribution in [1.82, 2.24) is 14.6 Å². The number of hydrogen-bond donors (Lipinski definition) is 1. The van der Waals surface area contributed by atoms with Crippen LogP contribution >= 0.6 is 11.6 Å². The second-order valence-corrected chi connectivity index (χ2v) is 12.6. The molecule has 1 fully saturated rings. The van der Waals surface area contributed by atoms with Crippen LogP contribution in [-0.2, 0) is 22.5 Å². The van der Waals surface area contributed by atoms with Gasteiger partial charge in [-0.05, 0) is 72.4 Å². The molecule has 6 nitrogen and oxygen atoms in total. The molecule has 1 aromatic rings. The highest BCUT2D eigenvalue weighted by Crippen LogP contribution is 2.52. The van der Waals surface area contributed by atoms with Crippen LogP contribution in [0.25, 0.3) is 0 Å². The molecule has 1 aliphatic heterocycles. The predicted octanol–water partition coefficient (Wildman–Crippen LogP) is 4.40. The first-order valence-corrected chi connectivity index (χ1v) is 11.6. The second-order valence-electron chi connectivity index (χ2n) is 10.1. The Morgan fingerprint density at radius 3 is 2.48 bits per heavy atom. The molecule has 0 unspecified atom stereocenters. The van der Waals surface area contributed by atoms with E-state index in [0.29, 0.717) is 18.1 Å². The van der Waals surface area contributed by atoms with Crippen LogP contribution in [-0.4, -0.2) is 44.0 Å². The van der Waals surface area contributed by atoms with Crippen LogP contribution in [0.4, 0.5) is 4.79 Å². The summed E-state index contributed by atoms with van der Waals surface area (Å²) in [5, 5.41) is 0.584. The summed E-state index contributed by atoms with van der Waals surface area (Å²) in [5.74, 6) is 0. The topological polar surface area (TPSA) is 77.5 Å². The number of likely N-dealkylation sites (tertiary alicyclic amines) is 1. The molecule has 1 N–H and O–H groups in total. The van der Waals surface area contributed by atoms with Gasteiger partial charge in [0, 0.05) is 41.8 Å². The van der Waals surface area contributed by atoms with Gasteiger partial charge in [0.1, 0.15) is 10.3 Å². The largest absolute Gasteiger partial charge is 0.598 e. The zero-order chi connectivity index (χ0) is 21.6. The SMILES string of the molecule is CC(C)(C)OC(=O)N1CCC2(CC1)Cc1ncc(Cl)cc1[C@@H]2N[S@+]([O-])C(C)(C)C. The number of hydrogen-bond acceptors (Lipinski definition) is 5. The first-order chi connectivity index (χ1) is 13.3. The number of nitrogens with zero attached hydrogens (tertiary/aromatic N) is 2. The quantitative estimate of drug-likeness (QED) is 0.688. The summed E-state index contributed by atoms with van der Waals surface area (Å²) in [5.41, 5.74) is 1.38. The van der Waals surface area contributed by atoms with Crippen LogP contribution in [0, 0.1) is 5.41 Å². The number of nitrogens with one attached hydrogen (secondary N) is 1. The number of carbonyl (C=O) groups excluding carboxylic acids is 1. The molecule has 0 bridgehead atoms. The minimum absolute atomic E-state index is 0.107. The third-order valence-corrected chi connectivity index (χ3v) is 7.37. The fourth-order valence-electron chi connectivity index (χ4n) is 4.05. The standard InChI is InChI=1S/C21H32ClN3O3S/c1-19(2,3)28-18(26)25-9-7-21(8-10-25)12-16-15(11-14(22)13-23-16)17(21)24-29(27)20(4,5)6/h11,13,17,24H,7-10,12H2,1-6H3/t17-,29+/m0/s1. The predicted molar refractivity (Wildman–Crippen MR) is 116 cm³/mol. The van der Waals surface area contributed by atoms with Crippen molar-refractivity contribution in [3.63, 3.8) is 0 Å². The number of carbonyl (C=O) groups is 1. The molecular weight excluding hydrogens is 410 g/mol. The average molecular weight is 442 g/mol. The Labute approximate surface area is 182 Å². The highest BCUT2D eigenvalue weighted by molar-refractivity contribution is 7.90. The summed E-state index contributed by atoms with van der Waals surface area (Å²) < 4.78 is 21.5. The number of amides is 1. The van der Waals surface area contributed by atoms with Crippen molar-refractivity contribution in [2.24, 2.45) is 5.41 Å². The first-order valence-electron chi connectivity index (χ1n) is 10.1. The van der Waals surface area contributed by atoms with Gasteiger partial charge >= 0.3 is 6.09 Å². The van der Waals surface area contributed by atoms with Gasteiger partial charge in [-0.15, -0.1) is 4.72 Å². The molecule has 1 amide bonds. The number of halogens is 1. The maximum atomic E-state index is 12.9. The molecule has 0 saturated carbocycles. The third-order valence-electron chi connectivity index (χ3n) is 5.61. The number of ether oxygens (including phenoxy) is 1. The number of piperidine rings is 1. The lowest BCUT2D eigenvalue weighted by Crippen LogP contribution is -2.51.